The van der Waals surface area contributed by atoms with Crippen molar-refractivity contribution >= 4 is 5.97 Å². The summed E-state index contributed by atoms with van der Waals surface area (Å²) in [6.07, 6.45) is 0. The molecule has 4 heteroatoms. The standard InChI is InChI=1S/C16H16O4/c1-16(2,19)11-8-9-13(14(17)10-11)15(18)20-12-6-4-3-5-7-12/h3-10,17,19H,1-2H3. The molecule has 0 aliphatic heterocycles. The van der Waals surface area contributed by atoms with E-state index in [9.17, 15) is 15.0 Å². The number of hydrogen-bond donors (Lipinski definition) is 2. The van der Waals surface area contributed by atoms with Crippen LogP contribution in [0, 0.1) is 0 Å². The summed E-state index contributed by atoms with van der Waals surface area (Å²) in [4.78, 5) is 12.0. The van der Waals surface area contributed by atoms with Crippen LogP contribution < -0.4 is 4.74 Å². The molecule has 2 rings (SSSR count). The van der Waals surface area contributed by atoms with E-state index < -0.39 is 11.6 Å². The highest BCUT2D eigenvalue weighted by atomic mass is 16.5. The Morgan fingerprint density at radius 3 is 2.30 bits per heavy atom. The van der Waals surface area contributed by atoms with Crippen molar-refractivity contribution < 1.29 is 19.7 Å². The van der Waals surface area contributed by atoms with E-state index in [2.05, 4.69) is 0 Å². The van der Waals surface area contributed by atoms with Gasteiger partial charge in [0.2, 0.25) is 0 Å². The van der Waals surface area contributed by atoms with Gasteiger partial charge in [-0.15, -0.1) is 0 Å². The van der Waals surface area contributed by atoms with Crippen LogP contribution in [-0.4, -0.2) is 16.2 Å². The van der Waals surface area contributed by atoms with E-state index in [1.165, 1.54) is 12.1 Å². The Morgan fingerprint density at radius 2 is 1.75 bits per heavy atom. The molecule has 104 valence electrons. The molecule has 0 atom stereocenters. The van der Waals surface area contributed by atoms with Crippen molar-refractivity contribution in [2.45, 2.75) is 19.4 Å². The Kier molecular flexibility index (Phi) is 3.77. The SMILES string of the molecule is CC(C)(O)c1ccc(C(=O)Oc2ccccc2)c(O)c1. The summed E-state index contributed by atoms with van der Waals surface area (Å²) >= 11 is 0. The number of benzene rings is 2. The summed E-state index contributed by atoms with van der Waals surface area (Å²) in [5, 5.41) is 19.7. The Morgan fingerprint density at radius 1 is 1.10 bits per heavy atom. The number of ether oxygens (including phenoxy) is 1. The zero-order chi connectivity index (χ0) is 14.8. The van der Waals surface area contributed by atoms with Crippen LogP contribution in [0.1, 0.15) is 29.8 Å². The molecule has 0 radical (unpaired) electrons. The molecule has 0 amide bonds. The number of carbonyl (C=O) groups excluding carboxylic acids is 1. The van der Waals surface area contributed by atoms with Crippen LogP contribution in [0.5, 0.6) is 11.5 Å². The van der Waals surface area contributed by atoms with Gasteiger partial charge >= 0.3 is 5.97 Å². The van der Waals surface area contributed by atoms with Crippen molar-refractivity contribution in [3.63, 3.8) is 0 Å². The molecule has 2 aromatic carbocycles. The number of para-hydroxylation sites is 1. The van der Waals surface area contributed by atoms with Crippen molar-refractivity contribution in [2.75, 3.05) is 0 Å². The maximum Gasteiger partial charge on any atom is 0.347 e. The first-order chi connectivity index (χ1) is 9.38. The molecule has 0 aliphatic carbocycles. The highest BCUT2D eigenvalue weighted by molar-refractivity contribution is 5.94. The summed E-state index contributed by atoms with van der Waals surface area (Å²) in [5.41, 5.74) is -0.507. The molecule has 0 saturated carbocycles. The maximum absolute atomic E-state index is 12.0. The average Bonchev–Trinajstić information content (AvgIpc) is 2.38. The number of hydrogen-bond acceptors (Lipinski definition) is 4. The Hall–Kier alpha value is -2.33. The lowest BCUT2D eigenvalue weighted by molar-refractivity contribution is 0.0723. The van der Waals surface area contributed by atoms with Crippen LogP contribution in [0.25, 0.3) is 0 Å². The van der Waals surface area contributed by atoms with Crippen molar-refractivity contribution in [1.29, 1.82) is 0 Å². The van der Waals surface area contributed by atoms with Crippen LogP contribution in [-0.2, 0) is 5.60 Å². The monoisotopic (exact) mass is 272 g/mol. The third-order valence-corrected chi connectivity index (χ3v) is 2.88. The third kappa shape index (κ3) is 3.16. The molecular formula is C16H16O4. The number of esters is 1. The summed E-state index contributed by atoms with van der Waals surface area (Å²) in [5.74, 6) is -0.454. The minimum Gasteiger partial charge on any atom is -0.507 e. The predicted molar refractivity (Wildman–Crippen MR) is 74.8 cm³/mol. The van der Waals surface area contributed by atoms with Gasteiger partial charge in [-0.2, -0.15) is 0 Å². The van der Waals surface area contributed by atoms with Gasteiger partial charge in [-0.05, 0) is 43.7 Å². The van der Waals surface area contributed by atoms with E-state index in [0.29, 0.717) is 11.3 Å². The third-order valence-electron chi connectivity index (χ3n) is 2.88. The zero-order valence-electron chi connectivity index (χ0n) is 11.3. The van der Waals surface area contributed by atoms with Crippen molar-refractivity contribution in [1.82, 2.24) is 0 Å². The molecule has 0 aliphatic rings. The first-order valence-corrected chi connectivity index (χ1v) is 6.21. The van der Waals surface area contributed by atoms with Crippen LogP contribution in [0.3, 0.4) is 0 Å². The molecule has 0 fully saturated rings. The fourth-order valence-electron chi connectivity index (χ4n) is 1.74. The van der Waals surface area contributed by atoms with E-state index in [1.807, 2.05) is 6.07 Å². The van der Waals surface area contributed by atoms with E-state index >= 15 is 0 Å². The Labute approximate surface area is 117 Å². The van der Waals surface area contributed by atoms with Gasteiger partial charge in [0, 0.05) is 0 Å². The fourth-order valence-corrected chi connectivity index (χ4v) is 1.74. The molecule has 4 nitrogen and oxygen atoms in total. The number of aromatic hydroxyl groups is 1. The van der Waals surface area contributed by atoms with Crippen molar-refractivity contribution in [2.24, 2.45) is 0 Å². The summed E-state index contributed by atoms with van der Waals surface area (Å²) in [6.45, 7) is 3.20. The first kappa shape index (κ1) is 14.1. The number of aliphatic hydroxyl groups is 1. The second-order valence-corrected chi connectivity index (χ2v) is 4.99. The maximum atomic E-state index is 12.0. The quantitative estimate of drug-likeness (QED) is 0.666. The zero-order valence-corrected chi connectivity index (χ0v) is 11.3. The molecule has 0 spiro atoms. The van der Waals surface area contributed by atoms with Gasteiger partial charge in [0.25, 0.3) is 0 Å². The number of phenols is 1. The van der Waals surface area contributed by atoms with Gasteiger partial charge in [-0.1, -0.05) is 24.3 Å². The van der Waals surface area contributed by atoms with Crippen LogP contribution >= 0.6 is 0 Å². The van der Waals surface area contributed by atoms with Crippen LogP contribution in [0.15, 0.2) is 48.5 Å². The number of phenolic OH excluding ortho intramolecular Hbond substituents is 1. The topological polar surface area (TPSA) is 66.8 Å². The van der Waals surface area contributed by atoms with E-state index in [4.69, 9.17) is 4.74 Å². The molecule has 0 bridgehead atoms. The van der Waals surface area contributed by atoms with Gasteiger partial charge in [0.1, 0.15) is 17.1 Å². The Bertz CT molecular complexity index is 612. The van der Waals surface area contributed by atoms with Crippen molar-refractivity contribution in [3.05, 3.63) is 59.7 Å². The Balaban J connectivity index is 2.23. The molecule has 0 unspecified atom stereocenters. The normalized spacial score (nSPS) is 11.2. The highest BCUT2D eigenvalue weighted by Crippen LogP contribution is 2.27. The van der Waals surface area contributed by atoms with Crippen LogP contribution in [0.4, 0.5) is 0 Å². The molecule has 0 saturated heterocycles. The molecule has 2 aromatic rings. The van der Waals surface area contributed by atoms with E-state index in [1.54, 1.807) is 44.2 Å². The first-order valence-electron chi connectivity index (χ1n) is 6.21. The minimum atomic E-state index is -1.08. The largest absolute Gasteiger partial charge is 0.507 e. The molecule has 20 heavy (non-hydrogen) atoms. The van der Waals surface area contributed by atoms with Gasteiger partial charge < -0.3 is 14.9 Å². The van der Waals surface area contributed by atoms with Gasteiger partial charge in [-0.25, -0.2) is 4.79 Å². The minimum absolute atomic E-state index is 0.0573. The van der Waals surface area contributed by atoms with Gasteiger partial charge in [-0.3, -0.25) is 0 Å². The summed E-state index contributed by atoms with van der Waals surface area (Å²) < 4.78 is 5.15. The van der Waals surface area contributed by atoms with Crippen molar-refractivity contribution in [3.8, 4) is 11.5 Å². The lowest BCUT2D eigenvalue weighted by Crippen LogP contribution is -2.16. The molecule has 0 heterocycles. The molecule has 2 N–H and O–H groups in total. The summed E-state index contributed by atoms with van der Waals surface area (Å²) in [6, 6.07) is 13.0. The highest BCUT2D eigenvalue weighted by Gasteiger charge is 2.20. The lowest BCUT2D eigenvalue weighted by atomic mass is 9.97. The molecule has 0 aromatic heterocycles. The van der Waals surface area contributed by atoms with E-state index in [0.717, 1.165) is 0 Å². The summed E-state index contributed by atoms with van der Waals surface area (Å²) in [7, 11) is 0. The van der Waals surface area contributed by atoms with E-state index in [-0.39, 0.29) is 11.3 Å². The second-order valence-electron chi connectivity index (χ2n) is 4.99. The average molecular weight is 272 g/mol. The number of rotatable bonds is 3. The smallest absolute Gasteiger partial charge is 0.347 e. The van der Waals surface area contributed by atoms with Gasteiger partial charge in [0.15, 0.2) is 0 Å². The lowest BCUT2D eigenvalue weighted by Gasteiger charge is -2.18. The van der Waals surface area contributed by atoms with Gasteiger partial charge in [0.05, 0.1) is 5.60 Å². The fraction of sp³-hybridized carbons (Fsp3) is 0.188. The molecular weight excluding hydrogens is 256 g/mol. The predicted octanol–water partition coefficient (Wildman–Crippen LogP) is 2.84. The van der Waals surface area contributed by atoms with Crippen LogP contribution in [0.2, 0.25) is 0 Å². The number of carbonyl (C=O) groups is 1. The second kappa shape index (κ2) is 5.35.